The first-order valence-electron chi connectivity index (χ1n) is 10.4. The van der Waals surface area contributed by atoms with Crippen molar-refractivity contribution in [2.75, 3.05) is 13.1 Å². The minimum atomic E-state index is -4.53. The zero-order valence-electron chi connectivity index (χ0n) is 17.6. The summed E-state index contributed by atoms with van der Waals surface area (Å²) < 4.78 is 46.8. The quantitative estimate of drug-likeness (QED) is 0.606. The predicted octanol–water partition coefficient (Wildman–Crippen LogP) is 4.44. The molecule has 0 aromatic carbocycles. The van der Waals surface area contributed by atoms with Gasteiger partial charge in [0.05, 0.1) is 11.4 Å². The maximum atomic E-state index is 13.6. The second-order valence-corrected chi connectivity index (χ2v) is 8.16. The first kappa shape index (κ1) is 21.3. The Labute approximate surface area is 177 Å². The van der Waals surface area contributed by atoms with Crippen LogP contribution in [-0.4, -0.2) is 43.7 Å². The number of rotatable bonds is 4. The number of halogens is 3. The van der Waals surface area contributed by atoms with E-state index in [0.717, 1.165) is 16.3 Å². The van der Waals surface area contributed by atoms with Crippen molar-refractivity contribution in [3.63, 3.8) is 0 Å². The van der Waals surface area contributed by atoms with Crippen LogP contribution < -0.4 is 0 Å². The summed E-state index contributed by atoms with van der Waals surface area (Å²) in [6.45, 7) is 6.48. The van der Waals surface area contributed by atoms with Crippen LogP contribution in [-0.2, 0) is 12.6 Å². The molecule has 10 heteroatoms. The lowest BCUT2D eigenvalue weighted by atomic mass is 9.93. The largest absolute Gasteiger partial charge is 0.433 e. The van der Waals surface area contributed by atoms with Crippen molar-refractivity contribution in [3.05, 3.63) is 46.7 Å². The molecule has 3 aromatic rings. The molecule has 1 fully saturated rings. The summed E-state index contributed by atoms with van der Waals surface area (Å²) >= 11 is 0. The maximum absolute atomic E-state index is 13.6. The normalized spacial score (nSPS) is 15.9. The van der Waals surface area contributed by atoms with E-state index in [1.165, 1.54) is 0 Å². The zero-order valence-corrected chi connectivity index (χ0v) is 17.6. The lowest BCUT2D eigenvalue weighted by Crippen LogP contribution is -2.37. The number of carbonyl (C=O) groups is 1. The van der Waals surface area contributed by atoms with Gasteiger partial charge in [0.2, 0.25) is 5.76 Å². The highest BCUT2D eigenvalue weighted by atomic mass is 19.4. The molecule has 4 heterocycles. The number of hydrogen-bond donors (Lipinski definition) is 0. The molecule has 1 aliphatic heterocycles. The Hall–Kier alpha value is -2.91. The van der Waals surface area contributed by atoms with E-state index in [4.69, 9.17) is 4.52 Å². The van der Waals surface area contributed by atoms with E-state index in [0.29, 0.717) is 43.7 Å². The van der Waals surface area contributed by atoms with E-state index in [1.54, 1.807) is 30.9 Å². The Bertz CT molecular complexity index is 1090. The zero-order chi connectivity index (χ0) is 22.3. The van der Waals surface area contributed by atoms with E-state index in [-0.39, 0.29) is 29.2 Å². The fourth-order valence-corrected chi connectivity index (χ4v) is 3.82. The summed E-state index contributed by atoms with van der Waals surface area (Å²) in [7, 11) is 0. The fraction of sp³-hybridized carbons (Fsp3) is 0.524. The number of carbonyl (C=O) groups excluding carboxylic acids is 1. The van der Waals surface area contributed by atoms with Gasteiger partial charge in [-0.1, -0.05) is 25.9 Å². The van der Waals surface area contributed by atoms with Crippen LogP contribution in [0.1, 0.15) is 78.8 Å². The highest BCUT2D eigenvalue weighted by Crippen LogP contribution is 2.33. The summed E-state index contributed by atoms with van der Waals surface area (Å²) in [6.07, 6.45) is -2.65. The van der Waals surface area contributed by atoms with Crippen LogP contribution in [0.25, 0.3) is 5.65 Å². The molecule has 3 aromatic heterocycles. The average Bonchev–Trinajstić information content (AvgIpc) is 3.38. The molecule has 0 saturated carbocycles. The molecule has 0 aliphatic carbocycles. The molecule has 0 unspecified atom stereocenters. The van der Waals surface area contributed by atoms with E-state index in [9.17, 15) is 18.0 Å². The Kier molecular flexibility index (Phi) is 5.49. The van der Waals surface area contributed by atoms with Crippen LogP contribution in [0.3, 0.4) is 0 Å². The van der Waals surface area contributed by atoms with Gasteiger partial charge in [-0.05, 0) is 31.2 Å². The smallest absolute Gasteiger partial charge is 0.351 e. The van der Waals surface area contributed by atoms with Gasteiger partial charge in [0.25, 0.3) is 5.91 Å². The molecule has 166 valence electrons. The van der Waals surface area contributed by atoms with Crippen molar-refractivity contribution in [2.45, 2.75) is 58.0 Å². The number of hydrogen-bond acceptors (Lipinski definition) is 5. The number of likely N-dealkylation sites (tertiary alicyclic amines) is 1. The molecule has 4 rings (SSSR count). The Balaban J connectivity index is 1.54. The number of amides is 1. The van der Waals surface area contributed by atoms with Gasteiger partial charge in [-0.25, -0.2) is 9.50 Å². The molecule has 1 amide bonds. The molecule has 0 bridgehead atoms. The van der Waals surface area contributed by atoms with Gasteiger partial charge < -0.3 is 9.42 Å². The van der Waals surface area contributed by atoms with Crippen molar-refractivity contribution in [3.8, 4) is 0 Å². The van der Waals surface area contributed by atoms with Gasteiger partial charge in [0.1, 0.15) is 5.69 Å². The monoisotopic (exact) mass is 435 g/mol. The van der Waals surface area contributed by atoms with Gasteiger partial charge in [-0.2, -0.15) is 18.3 Å². The molecule has 7 nitrogen and oxygen atoms in total. The van der Waals surface area contributed by atoms with Crippen LogP contribution in [0.15, 0.2) is 22.7 Å². The first-order valence-corrected chi connectivity index (χ1v) is 10.4. The Morgan fingerprint density at radius 1 is 1.23 bits per heavy atom. The molecule has 0 spiro atoms. The van der Waals surface area contributed by atoms with E-state index < -0.39 is 11.9 Å². The van der Waals surface area contributed by atoms with Crippen LogP contribution in [0, 0.1) is 0 Å². The van der Waals surface area contributed by atoms with Gasteiger partial charge >= 0.3 is 6.18 Å². The molecule has 1 saturated heterocycles. The second kappa shape index (κ2) is 7.97. The summed E-state index contributed by atoms with van der Waals surface area (Å²) in [5.74, 6) is -0.190. The lowest BCUT2D eigenvalue weighted by Gasteiger charge is -2.30. The Morgan fingerprint density at radius 2 is 1.94 bits per heavy atom. The molecule has 1 aliphatic rings. The maximum Gasteiger partial charge on any atom is 0.433 e. The third-order valence-electron chi connectivity index (χ3n) is 5.68. The number of aromatic nitrogens is 4. The van der Waals surface area contributed by atoms with Crippen molar-refractivity contribution >= 4 is 11.6 Å². The number of nitrogens with zero attached hydrogens (tertiary/aromatic N) is 5. The topological polar surface area (TPSA) is 76.5 Å². The first-order chi connectivity index (χ1) is 14.7. The molecule has 0 radical (unpaired) electrons. The third-order valence-corrected chi connectivity index (χ3v) is 5.68. The van der Waals surface area contributed by atoms with Crippen molar-refractivity contribution < 1.29 is 22.5 Å². The van der Waals surface area contributed by atoms with Crippen molar-refractivity contribution in [1.82, 2.24) is 24.7 Å². The molecular formula is C21H24F3N5O2. The minimum absolute atomic E-state index is 0.0461. The number of piperidine rings is 1. The summed E-state index contributed by atoms with van der Waals surface area (Å²) in [4.78, 5) is 18.7. The predicted molar refractivity (Wildman–Crippen MR) is 106 cm³/mol. The van der Waals surface area contributed by atoms with Gasteiger partial charge in [-0.15, -0.1) is 0 Å². The lowest BCUT2D eigenvalue weighted by molar-refractivity contribution is -0.142. The number of alkyl halides is 3. The van der Waals surface area contributed by atoms with Gasteiger partial charge in [0, 0.05) is 36.8 Å². The van der Waals surface area contributed by atoms with Crippen molar-refractivity contribution in [1.29, 1.82) is 0 Å². The molecule has 0 atom stereocenters. The van der Waals surface area contributed by atoms with E-state index in [1.807, 2.05) is 6.92 Å². The average molecular weight is 435 g/mol. The standard InChI is InChI=1S/C21H24F3N5O2/c1-4-14-9-17(31-27-14)20(30)28-7-5-13(6-8-28)16-11-19-25-15(12(2)3)10-18(21(22,23)24)29(19)26-16/h9-13H,4-8H2,1-3H3. The minimum Gasteiger partial charge on any atom is -0.351 e. The SMILES string of the molecule is CCc1cc(C(=O)N2CCC(c3cc4nc(C(C)C)cc(C(F)(F)F)n4n3)CC2)on1. The summed E-state index contributed by atoms with van der Waals surface area (Å²) in [5.41, 5.74) is 1.04. The number of fused-ring (bicyclic) bond motifs is 1. The fourth-order valence-electron chi connectivity index (χ4n) is 3.82. The van der Waals surface area contributed by atoms with Gasteiger partial charge in [0.15, 0.2) is 5.65 Å². The van der Waals surface area contributed by atoms with Crippen LogP contribution >= 0.6 is 0 Å². The molecule has 0 N–H and O–H groups in total. The van der Waals surface area contributed by atoms with E-state index in [2.05, 4.69) is 15.2 Å². The number of aryl methyl sites for hydroxylation is 1. The van der Waals surface area contributed by atoms with E-state index >= 15 is 0 Å². The highest BCUT2D eigenvalue weighted by Gasteiger charge is 2.36. The van der Waals surface area contributed by atoms with Crippen LogP contribution in [0.4, 0.5) is 13.2 Å². The van der Waals surface area contributed by atoms with Crippen molar-refractivity contribution in [2.24, 2.45) is 0 Å². The second-order valence-electron chi connectivity index (χ2n) is 8.16. The summed E-state index contributed by atoms with van der Waals surface area (Å²) in [5, 5.41) is 8.10. The van der Waals surface area contributed by atoms with Gasteiger partial charge in [-0.3, -0.25) is 4.79 Å². The third kappa shape index (κ3) is 4.15. The highest BCUT2D eigenvalue weighted by molar-refractivity contribution is 5.91. The summed E-state index contributed by atoms with van der Waals surface area (Å²) in [6, 6.07) is 4.35. The molecular weight excluding hydrogens is 411 g/mol. The van der Waals surface area contributed by atoms with Crippen LogP contribution in [0.5, 0.6) is 0 Å². The van der Waals surface area contributed by atoms with Crippen LogP contribution in [0.2, 0.25) is 0 Å². The molecule has 31 heavy (non-hydrogen) atoms. The Morgan fingerprint density at radius 3 is 2.52 bits per heavy atom.